The van der Waals surface area contributed by atoms with Crippen LogP contribution in [-0.4, -0.2) is 35.2 Å². The van der Waals surface area contributed by atoms with Gasteiger partial charge in [0.25, 0.3) is 0 Å². The van der Waals surface area contributed by atoms with Crippen LogP contribution in [0.25, 0.3) is 22.3 Å². The molecule has 9 nitrogen and oxygen atoms in total. The molecular weight excluding hydrogens is 528 g/mol. The molecule has 1 aliphatic carbocycles. The molecule has 0 amide bonds. The van der Waals surface area contributed by atoms with Gasteiger partial charge in [0.05, 0.1) is 16.4 Å². The second kappa shape index (κ2) is 8.68. The highest BCUT2D eigenvalue weighted by Crippen LogP contribution is 2.66. The van der Waals surface area contributed by atoms with Crippen molar-refractivity contribution in [2.75, 3.05) is 0 Å². The van der Waals surface area contributed by atoms with E-state index in [1.54, 1.807) is 32.9 Å². The first-order chi connectivity index (χ1) is 19.2. The summed E-state index contributed by atoms with van der Waals surface area (Å²) in [5, 5.41) is 0.244. The third kappa shape index (κ3) is 3.67. The summed E-state index contributed by atoms with van der Waals surface area (Å²) >= 11 is 0. The van der Waals surface area contributed by atoms with E-state index in [0.29, 0.717) is 29.9 Å². The molecular formula is C32H32O9. The van der Waals surface area contributed by atoms with E-state index in [1.165, 1.54) is 13.0 Å². The molecule has 4 atom stereocenters. The molecule has 0 spiro atoms. The van der Waals surface area contributed by atoms with Gasteiger partial charge in [0.15, 0.2) is 17.6 Å². The Hall–Kier alpha value is -4.14. The van der Waals surface area contributed by atoms with Gasteiger partial charge in [-0.25, -0.2) is 4.79 Å². The van der Waals surface area contributed by atoms with E-state index in [1.807, 2.05) is 44.2 Å². The lowest BCUT2D eigenvalue weighted by molar-refractivity contribution is -0.206. The maximum atomic E-state index is 14.2. The minimum Gasteiger partial charge on any atom is -0.483 e. The Morgan fingerprint density at radius 2 is 1.61 bits per heavy atom. The van der Waals surface area contributed by atoms with Gasteiger partial charge in [-0.15, -0.1) is 0 Å². The number of carbonyl (C=O) groups is 3. The lowest BCUT2D eigenvalue weighted by atomic mass is 9.66. The topological polar surface area (TPSA) is 118 Å². The molecule has 9 heteroatoms. The maximum Gasteiger partial charge on any atom is 0.351 e. The van der Waals surface area contributed by atoms with E-state index in [2.05, 4.69) is 0 Å². The number of hydrogen-bond acceptors (Lipinski definition) is 9. The highest BCUT2D eigenvalue weighted by molar-refractivity contribution is 5.94. The van der Waals surface area contributed by atoms with Gasteiger partial charge < -0.3 is 23.4 Å². The molecule has 3 aromatic rings. The summed E-state index contributed by atoms with van der Waals surface area (Å²) in [7, 11) is 0. The number of esters is 3. The standard InChI is InChI=1S/C32H32O9/c1-17(33)37-26-25(39-28(36)32-15-14-31(6,27(35)41-32)30(32,4)5)23-21(40-29(26,2)3)13-12-19-20(34)16-22(38-24(19)23)18-10-8-7-9-11-18/h7-13,16,25-26H,14-15H2,1-6H3/t25-,26-,31+,32-/m1/s1. The van der Waals surface area contributed by atoms with Gasteiger partial charge in [-0.2, -0.15) is 0 Å². The molecule has 214 valence electrons. The molecule has 2 fully saturated rings. The van der Waals surface area contributed by atoms with E-state index in [4.69, 9.17) is 23.4 Å². The number of benzene rings is 2. The van der Waals surface area contributed by atoms with E-state index in [0.717, 1.165) is 0 Å². The lowest BCUT2D eigenvalue weighted by Gasteiger charge is -2.44. The minimum absolute atomic E-state index is 0.149. The van der Waals surface area contributed by atoms with Crippen molar-refractivity contribution >= 4 is 28.9 Å². The highest BCUT2D eigenvalue weighted by atomic mass is 16.6. The zero-order valence-corrected chi connectivity index (χ0v) is 23.9. The van der Waals surface area contributed by atoms with E-state index in [-0.39, 0.29) is 22.0 Å². The van der Waals surface area contributed by atoms with Crippen molar-refractivity contribution in [1.29, 1.82) is 0 Å². The molecule has 0 unspecified atom stereocenters. The van der Waals surface area contributed by atoms with Gasteiger partial charge in [-0.05, 0) is 45.7 Å². The zero-order valence-electron chi connectivity index (χ0n) is 23.9. The molecule has 1 aromatic heterocycles. The average molecular weight is 561 g/mol. The van der Waals surface area contributed by atoms with Crippen LogP contribution >= 0.6 is 0 Å². The summed E-state index contributed by atoms with van der Waals surface area (Å²) in [5.41, 5.74) is -3.59. The first-order valence-electron chi connectivity index (χ1n) is 13.7. The van der Waals surface area contributed by atoms with Crippen LogP contribution in [0.1, 0.15) is 66.1 Å². The SMILES string of the molecule is CC(=O)O[C@@H]1[C@H](OC(=O)[C@@]23CC[C@@](C)(C(=O)O2)C3(C)C)c2c(ccc3c(=O)cc(-c4ccccc4)oc23)OC1(C)C. The van der Waals surface area contributed by atoms with Crippen molar-refractivity contribution in [3.8, 4) is 17.1 Å². The normalized spacial score (nSPS) is 28.9. The smallest absolute Gasteiger partial charge is 0.351 e. The van der Waals surface area contributed by atoms with Crippen molar-refractivity contribution in [3.05, 3.63) is 64.3 Å². The van der Waals surface area contributed by atoms with Gasteiger partial charge in [0.1, 0.15) is 22.7 Å². The molecule has 2 aromatic carbocycles. The summed E-state index contributed by atoms with van der Waals surface area (Å²) in [6.07, 6.45) is -1.59. The van der Waals surface area contributed by atoms with Crippen LogP contribution in [-0.2, 0) is 28.6 Å². The van der Waals surface area contributed by atoms with Gasteiger partial charge in [-0.3, -0.25) is 14.4 Å². The number of ether oxygens (including phenoxy) is 4. The van der Waals surface area contributed by atoms with Gasteiger partial charge in [0, 0.05) is 24.0 Å². The lowest BCUT2D eigenvalue weighted by Crippen LogP contribution is -2.55. The Morgan fingerprint density at radius 1 is 0.902 bits per heavy atom. The Labute approximate surface area is 236 Å². The molecule has 2 aliphatic heterocycles. The molecule has 3 heterocycles. The number of carbonyl (C=O) groups excluding carboxylic acids is 3. The molecule has 0 N–H and O–H groups in total. The van der Waals surface area contributed by atoms with Crippen molar-refractivity contribution in [1.82, 2.24) is 0 Å². The Morgan fingerprint density at radius 3 is 2.22 bits per heavy atom. The largest absolute Gasteiger partial charge is 0.483 e. The van der Waals surface area contributed by atoms with Crippen LogP contribution in [0, 0.1) is 10.8 Å². The molecule has 2 bridgehead atoms. The highest BCUT2D eigenvalue weighted by Gasteiger charge is 2.76. The van der Waals surface area contributed by atoms with E-state index in [9.17, 15) is 19.2 Å². The molecule has 1 saturated carbocycles. The monoisotopic (exact) mass is 560 g/mol. The van der Waals surface area contributed by atoms with Crippen LogP contribution in [0.3, 0.4) is 0 Å². The Bertz CT molecular complexity index is 1670. The van der Waals surface area contributed by atoms with E-state index < -0.39 is 52.1 Å². The fourth-order valence-electron chi connectivity index (χ4n) is 6.60. The first kappa shape index (κ1) is 27.1. The van der Waals surface area contributed by atoms with Crippen molar-refractivity contribution in [3.63, 3.8) is 0 Å². The van der Waals surface area contributed by atoms with E-state index >= 15 is 0 Å². The fraction of sp³-hybridized carbons (Fsp3) is 0.438. The van der Waals surface area contributed by atoms with Crippen LogP contribution in [0.15, 0.2) is 57.7 Å². The van der Waals surface area contributed by atoms with Crippen molar-refractivity contribution in [2.45, 2.75) is 77.8 Å². The summed E-state index contributed by atoms with van der Waals surface area (Å²) in [4.78, 5) is 52.7. The Balaban J connectivity index is 1.55. The second-order valence-electron chi connectivity index (χ2n) is 12.4. The van der Waals surface area contributed by atoms with Crippen molar-refractivity contribution < 1.29 is 37.7 Å². The quantitative estimate of drug-likeness (QED) is 0.311. The number of hydrogen-bond donors (Lipinski definition) is 0. The third-order valence-electron chi connectivity index (χ3n) is 9.51. The molecule has 1 saturated heterocycles. The first-order valence-corrected chi connectivity index (χ1v) is 13.7. The third-order valence-corrected chi connectivity index (χ3v) is 9.51. The second-order valence-corrected chi connectivity index (χ2v) is 12.4. The molecule has 0 radical (unpaired) electrons. The predicted octanol–water partition coefficient (Wildman–Crippen LogP) is 5.27. The van der Waals surface area contributed by atoms with Gasteiger partial charge >= 0.3 is 17.9 Å². The number of rotatable bonds is 4. The van der Waals surface area contributed by atoms with Gasteiger partial charge in [-0.1, -0.05) is 44.2 Å². The number of fused-ring (bicyclic) bond motifs is 5. The fourth-order valence-corrected chi connectivity index (χ4v) is 6.60. The summed E-state index contributed by atoms with van der Waals surface area (Å²) in [6, 6.07) is 13.7. The molecule has 3 aliphatic rings. The van der Waals surface area contributed by atoms with Crippen LogP contribution in [0.2, 0.25) is 0 Å². The average Bonchev–Trinajstić information content (AvgIpc) is 3.20. The molecule has 6 rings (SSSR count). The van der Waals surface area contributed by atoms with Crippen LogP contribution in [0.4, 0.5) is 0 Å². The summed E-state index contributed by atoms with van der Waals surface area (Å²) in [6.45, 7) is 10.2. The van der Waals surface area contributed by atoms with Gasteiger partial charge in [0.2, 0.25) is 5.60 Å². The predicted molar refractivity (Wildman–Crippen MR) is 147 cm³/mol. The summed E-state index contributed by atoms with van der Waals surface area (Å²) < 4.78 is 30.4. The maximum absolute atomic E-state index is 14.2. The van der Waals surface area contributed by atoms with Crippen LogP contribution < -0.4 is 10.2 Å². The summed E-state index contributed by atoms with van der Waals surface area (Å²) in [5.74, 6) is -1.18. The zero-order chi connectivity index (χ0) is 29.5. The Kier molecular flexibility index (Phi) is 5.73. The minimum atomic E-state index is -1.52. The molecule has 41 heavy (non-hydrogen) atoms. The van der Waals surface area contributed by atoms with Crippen molar-refractivity contribution in [2.24, 2.45) is 10.8 Å². The van der Waals surface area contributed by atoms with Crippen LogP contribution in [0.5, 0.6) is 5.75 Å².